The van der Waals surface area contributed by atoms with Crippen molar-refractivity contribution in [2.75, 3.05) is 5.32 Å². The van der Waals surface area contributed by atoms with Gasteiger partial charge in [0.2, 0.25) is 5.91 Å². The van der Waals surface area contributed by atoms with Crippen LogP contribution in [-0.4, -0.2) is 20.7 Å². The molecule has 2 heterocycles. The number of nitrogens with zero attached hydrogens (tertiary/aromatic N) is 3. The molecule has 0 aliphatic heterocycles. The van der Waals surface area contributed by atoms with Gasteiger partial charge in [-0.05, 0) is 54.5 Å². The van der Waals surface area contributed by atoms with Crippen LogP contribution in [0, 0.1) is 12.7 Å². The topological polar surface area (TPSA) is 59.8 Å². The third-order valence-corrected chi connectivity index (χ3v) is 4.77. The first-order chi connectivity index (χ1) is 15.1. The molecule has 0 atom stereocenters. The first kappa shape index (κ1) is 20.2. The van der Waals surface area contributed by atoms with E-state index in [-0.39, 0.29) is 11.7 Å². The van der Waals surface area contributed by atoms with Gasteiger partial charge in [-0.1, -0.05) is 30.3 Å². The van der Waals surface area contributed by atoms with Crippen LogP contribution in [-0.2, 0) is 11.3 Å². The number of carbonyl (C=O) groups excluding carboxylic acids is 1. The zero-order valence-corrected chi connectivity index (χ0v) is 17.0. The lowest BCUT2D eigenvalue weighted by Gasteiger charge is -2.06. The number of halogens is 1. The monoisotopic (exact) mass is 412 g/mol. The Morgan fingerprint density at radius 2 is 1.97 bits per heavy atom. The molecule has 4 aromatic rings. The van der Waals surface area contributed by atoms with Crippen LogP contribution in [0.15, 0.2) is 85.3 Å². The lowest BCUT2D eigenvalue weighted by atomic mass is 10.1. The Morgan fingerprint density at radius 3 is 2.71 bits per heavy atom. The third-order valence-electron chi connectivity index (χ3n) is 4.77. The highest BCUT2D eigenvalue weighted by Crippen LogP contribution is 2.23. The number of aryl methyl sites for hydroxylation is 1. The zero-order valence-electron chi connectivity index (χ0n) is 17.0. The fraction of sp³-hybridized carbons (Fsp3) is 0.0800. The smallest absolute Gasteiger partial charge is 0.248 e. The van der Waals surface area contributed by atoms with Crippen LogP contribution in [0.4, 0.5) is 10.1 Å². The van der Waals surface area contributed by atoms with Crippen LogP contribution in [0.1, 0.15) is 16.7 Å². The summed E-state index contributed by atoms with van der Waals surface area (Å²) in [4.78, 5) is 16.6. The van der Waals surface area contributed by atoms with Gasteiger partial charge in [0.25, 0.3) is 0 Å². The van der Waals surface area contributed by atoms with E-state index in [1.54, 1.807) is 31.5 Å². The van der Waals surface area contributed by atoms with E-state index < -0.39 is 0 Å². The number of amides is 1. The average Bonchev–Trinajstić information content (AvgIpc) is 3.18. The van der Waals surface area contributed by atoms with Crippen LogP contribution in [0.5, 0.6) is 0 Å². The van der Waals surface area contributed by atoms with Crippen LogP contribution in [0.3, 0.4) is 0 Å². The molecular weight excluding hydrogens is 391 g/mol. The van der Waals surface area contributed by atoms with Crippen molar-refractivity contribution in [3.05, 3.63) is 108 Å². The summed E-state index contributed by atoms with van der Waals surface area (Å²) in [5, 5.41) is 7.50. The van der Waals surface area contributed by atoms with Gasteiger partial charge in [0, 0.05) is 41.5 Å². The molecule has 0 fully saturated rings. The summed E-state index contributed by atoms with van der Waals surface area (Å²) in [6.07, 6.45) is 8.53. The molecule has 2 aromatic heterocycles. The lowest BCUT2D eigenvalue weighted by Crippen LogP contribution is -2.09. The van der Waals surface area contributed by atoms with Crippen molar-refractivity contribution >= 4 is 17.7 Å². The molecule has 2 aromatic carbocycles. The molecule has 4 rings (SSSR count). The summed E-state index contributed by atoms with van der Waals surface area (Å²) in [6.45, 7) is 2.36. The van der Waals surface area contributed by atoms with Crippen molar-refractivity contribution < 1.29 is 9.18 Å². The van der Waals surface area contributed by atoms with E-state index in [0.29, 0.717) is 17.8 Å². The number of nitrogens with one attached hydrogen (secondary N) is 1. The summed E-state index contributed by atoms with van der Waals surface area (Å²) < 4.78 is 15.1. The molecule has 0 spiro atoms. The maximum atomic E-state index is 13.3. The van der Waals surface area contributed by atoms with Crippen molar-refractivity contribution in [2.45, 2.75) is 13.5 Å². The Morgan fingerprint density at radius 1 is 1.13 bits per heavy atom. The summed E-state index contributed by atoms with van der Waals surface area (Å²) in [5.41, 5.74) is 4.77. The molecule has 154 valence electrons. The molecule has 0 radical (unpaired) electrons. The second-order valence-electron chi connectivity index (χ2n) is 7.14. The molecule has 1 amide bonds. The third kappa shape index (κ3) is 5.11. The molecule has 1 N–H and O–H groups in total. The maximum absolute atomic E-state index is 13.3. The Kier molecular flexibility index (Phi) is 5.98. The number of aromatic nitrogens is 3. The van der Waals surface area contributed by atoms with Gasteiger partial charge in [-0.2, -0.15) is 5.10 Å². The van der Waals surface area contributed by atoms with E-state index in [4.69, 9.17) is 5.10 Å². The Labute approximate surface area is 179 Å². The second-order valence-corrected chi connectivity index (χ2v) is 7.14. The lowest BCUT2D eigenvalue weighted by molar-refractivity contribution is -0.111. The fourth-order valence-electron chi connectivity index (χ4n) is 3.24. The van der Waals surface area contributed by atoms with Crippen molar-refractivity contribution in [3.8, 4) is 11.3 Å². The Bertz CT molecular complexity index is 1220. The van der Waals surface area contributed by atoms with Crippen molar-refractivity contribution in [3.63, 3.8) is 0 Å². The molecule has 0 bridgehead atoms. The summed E-state index contributed by atoms with van der Waals surface area (Å²) >= 11 is 0. The molecule has 0 aliphatic rings. The van der Waals surface area contributed by atoms with Gasteiger partial charge in [0.05, 0.1) is 6.54 Å². The molecule has 0 saturated heterocycles. The number of hydrogen-bond acceptors (Lipinski definition) is 3. The van der Waals surface area contributed by atoms with Crippen LogP contribution < -0.4 is 5.32 Å². The Balaban J connectivity index is 1.59. The normalized spacial score (nSPS) is 11.0. The number of rotatable bonds is 6. The van der Waals surface area contributed by atoms with Gasteiger partial charge in [0.15, 0.2) is 0 Å². The highest BCUT2D eigenvalue weighted by Gasteiger charge is 2.11. The molecular formula is C25H21FN4O. The molecule has 5 nitrogen and oxygen atoms in total. The van der Waals surface area contributed by atoms with Gasteiger partial charge in [-0.15, -0.1) is 0 Å². The minimum Gasteiger partial charge on any atom is -0.322 e. The summed E-state index contributed by atoms with van der Waals surface area (Å²) in [7, 11) is 0. The van der Waals surface area contributed by atoms with Crippen LogP contribution in [0.25, 0.3) is 17.3 Å². The highest BCUT2D eigenvalue weighted by atomic mass is 19.1. The summed E-state index contributed by atoms with van der Waals surface area (Å²) in [6, 6.07) is 18.1. The minimum atomic E-state index is -0.335. The van der Waals surface area contributed by atoms with E-state index >= 15 is 0 Å². The number of pyridine rings is 1. The number of benzene rings is 2. The predicted molar refractivity (Wildman–Crippen MR) is 120 cm³/mol. The van der Waals surface area contributed by atoms with E-state index in [1.165, 1.54) is 18.2 Å². The number of anilines is 1. The molecule has 6 heteroatoms. The van der Waals surface area contributed by atoms with Crippen molar-refractivity contribution in [1.82, 2.24) is 14.8 Å². The second kappa shape index (κ2) is 9.17. The zero-order chi connectivity index (χ0) is 21.6. The number of hydrogen-bond donors (Lipinski definition) is 1. The van der Waals surface area contributed by atoms with Gasteiger partial charge in [-0.25, -0.2) is 4.39 Å². The van der Waals surface area contributed by atoms with Crippen LogP contribution in [0.2, 0.25) is 0 Å². The van der Waals surface area contributed by atoms with E-state index in [0.717, 1.165) is 22.4 Å². The number of carbonyl (C=O) groups is 1. The molecule has 0 aliphatic carbocycles. The molecule has 0 unspecified atom stereocenters. The fourth-order valence-corrected chi connectivity index (χ4v) is 3.24. The maximum Gasteiger partial charge on any atom is 0.248 e. The van der Waals surface area contributed by atoms with Gasteiger partial charge in [0.1, 0.15) is 11.5 Å². The SMILES string of the molecule is Cc1cc(F)ccc1NC(=O)/C=C/c1cn(Cc2ccccc2)nc1-c1cccnc1. The Hall–Kier alpha value is -4.06. The molecule has 31 heavy (non-hydrogen) atoms. The first-order valence-corrected chi connectivity index (χ1v) is 9.85. The van der Waals surface area contributed by atoms with Crippen LogP contribution >= 0.6 is 0 Å². The summed E-state index contributed by atoms with van der Waals surface area (Å²) in [5.74, 6) is -0.638. The highest BCUT2D eigenvalue weighted by molar-refractivity contribution is 6.02. The molecule has 0 saturated carbocycles. The van der Waals surface area contributed by atoms with Gasteiger partial charge >= 0.3 is 0 Å². The largest absolute Gasteiger partial charge is 0.322 e. The quantitative estimate of drug-likeness (QED) is 0.449. The van der Waals surface area contributed by atoms with Crippen molar-refractivity contribution in [1.29, 1.82) is 0 Å². The van der Waals surface area contributed by atoms with E-state index in [9.17, 15) is 9.18 Å². The standard InChI is InChI=1S/C25H21FN4O/c1-18-14-22(26)10-11-23(18)28-24(31)12-9-21-17-30(16-19-6-3-2-4-7-19)29-25(21)20-8-5-13-27-15-20/h2-15,17H,16H2,1H3,(H,28,31)/b12-9+. The van der Waals surface area contributed by atoms with E-state index in [2.05, 4.69) is 10.3 Å². The van der Waals surface area contributed by atoms with Gasteiger partial charge in [-0.3, -0.25) is 14.5 Å². The average molecular weight is 412 g/mol. The van der Waals surface area contributed by atoms with E-state index in [1.807, 2.05) is 53.3 Å². The minimum absolute atomic E-state index is 0.303. The predicted octanol–water partition coefficient (Wildman–Crippen LogP) is 5.09. The first-order valence-electron chi connectivity index (χ1n) is 9.85. The van der Waals surface area contributed by atoms with Gasteiger partial charge < -0.3 is 5.32 Å². The van der Waals surface area contributed by atoms with Crippen molar-refractivity contribution in [2.24, 2.45) is 0 Å².